The minimum atomic E-state index is -1.09. The van der Waals surface area contributed by atoms with Crippen molar-refractivity contribution in [3.05, 3.63) is 52.8 Å². The Labute approximate surface area is 135 Å². The predicted molar refractivity (Wildman–Crippen MR) is 86.3 cm³/mol. The van der Waals surface area contributed by atoms with Gasteiger partial charge in [-0.25, -0.2) is 4.79 Å². The van der Waals surface area contributed by atoms with Gasteiger partial charge in [0.05, 0.1) is 11.8 Å². The minimum absolute atomic E-state index is 0.356. The third-order valence-corrected chi connectivity index (χ3v) is 3.45. The number of aryl methyl sites for hydroxylation is 3. The number of rotatable bonds is 6. The number of nitrogens with zero attached hydrogens (tertiary/aromatic N) is 2. The van der Waals surface area contributed by atoms with E-state index in [4.69, 9.17) is 0 Å². The van der Waals surface area contributed by atoms with Gasteiger partial charge in [0.2, 0.25) is 0 Å². The van der Waals surface area contributed by atoms with E-state index in [1.54, 1.807) is 23.0 Å². The van der Waals surface area contributed by atoms with Crippen LogP contribution in [0.2, 0.25) is 0 Å². The average molecular weight is 315 g/mol. The zero-order valence-corrected chi connectivity index (χ0v) is 13.5. The van der Waals surface area contributed by atoms with Crippen molar-refractivity contribution in [1.29, 1.82) is 0 Å². The van der Waals surface area contributed by atoms with Crippen LogP contribution in [0.25, 0.3) is 0 Å². The van der Waals surface area contributed by atoms with Gasteiger partial charge in [0.15, 0.2) is 6.04 Å². The highest BCUT2D eigenvalue weighted by molar-refractivity contribution is 5.96. The number of nitrogens with one attached hydrogen (secondary N) is 1. The Morgan fingerprint density at radius 1 is 1.26 bits per heavy atom. The van der Waals surface area contributed by atoms with Gasteiger partial charge in [0, 0.05) is 12.7 Å². The number of hydrogen-bond donors (Lipinski definition) is 2. The maximum Gasteiger partial charge on any atom is 0.330 e. The van der Waals surface area contributed by atoms with E-state index in [1.165, 1.54) is 6.20 Å². The molecule has 23 heavy (non-hydrogen) atoms. The molecule has 0 saturated heterocycles. The van der Waals surface area contributed by atoms with E-state index in [0.29, 0.717) is 17.7 Å². The molecule has 6 nitrogen and oxygen atoms in total. The predicted octanol–water partition coefficient (Wildman–Crippen LogP) is 2.47. The molecule has 2 aromatic rings. The van der Waals surface area contributed by atoms with Crippen LogP contribution in [0, 0.1) is 13.8 Å². The third kappa shape index (κ3) is 4.18. The van der Waals surface area contributed by atoms with Crippen LogP contribution >= 0.6 is 0 Å². The number of amides is 1. The molecule has 1 heterocycles. The van der Waals surface area contributed by atoms with Crippen LogP contribution in [0.15, 0.2) is 30.6 Å². The minimum Gasteiger partial charge on any atom is -0.479 e. The summed E-state index contributed by atoms with van der Waals surface area (Å²) in [6, 6.07) is 4.41. The van der Waals surface area contributed by atoms with Crippen molar-refractivity contribution in [2.45, 2.75) is 39.8 Å². The fourth-order valence-corrected chi connectivity index (χ4v) is 2.51. The molecule has 1 unspecified atom stereocenters. The fraction of sp³-hybridized carbons (Fsp3) is 0.353. The van der Waals surface area contributed by atoms with Gasteiger partial charge < -0.3 is 10.4 Å². The first-order valence-corrected chi connectivity index (χ1v) is 7.55. The molecule has 1 aromatic carbocycles. The first kappa shape index (κ1) is 16.7. The standard InChI is InChI=1S/C17H21N3O3/c1-4-5-20-10-14(9-18-20)16(21)19-15(17(22)23)13-7-11(2)6-12(3)8-13/h6-10,15H,4-5H2,1-3H3,(H,19,21)(H,22,23). The van der Waals surface area contributed by atoms with Crippen molar-refractivity contribution in [2.75, 3.05) is 0 Å². The number of aliphatic carboxylic acids is 1. The number of carboxylic acids is 1. The molecular formula is C17H21N3O3. The highest BCUT2D eigenvalue weighted by atomic mass is 16.4. The van der Waals surface area contributed by atoms with Gasteiger partial charge in [0.25, 0.3) is 5.91 Å². The van der Waals surface area contributed by atoms with Gasteiger partial charge >= 0.3 is 5.97 Å². The van der Waals surface area contributed by atoms with Crippen molar-refractivity contribution < 1.29 is 14.7 Å². The van der Waals surface area contributed by atoms with E-state index in [-0.39, 0.29) is 0 Å². The first-order valence-electron chi connectivity index (χ1n) is 7.55. The second kappa shape index (κ2) is 7.09. The molecule has 2 N–H and O–H groups in total. The lowest BCUT2D eigenvalue weighted by atomic mass is 10.0. The zero-order chi connectivity index (χ0) is 17.0. The second-order valence-corrected chi connectivity index (χ2v) is 5.66. The Hall–Kier alpha value is -2.63. The highest BCUT2D eigenvalue weighted by Gasteiger charge is 2.23. The maximum atomic E-state index is 12.3. The van der Waals surface area contributed by atoms with Crippen LogP contribution in [0.4, 0.5) is 0 Å². The lowest BCUT2D eigenvalue weighted by molar-refractivity contribution is -0.139. The molecule has 1 amide bonds. The normalized spacial score (nSPS) is 12.0. The van der Waals surface area contributed by atoms with Crippen molar-refractivity contribution in [3.63, 3.8) is 0 Å². The van der Waals surface area contributed by atoms with Gasteiger partial charge in [-0.3, -0.25) is 9.48 Å². The topological polar surface area (TPSA) is 84.2 Å². The van der Waals surface area contributed by atoms with E-state index in [2.05, 4.69) is 10.4 Å². The van der Waals surface area contributed by atoms with Gasteiger partial charge in [-0.05, 0) is 25.8 Å². The summed E-state index contributed by atoms with van der Waals surface area (Å²) in [7, 11) is 0. The van der Waals surface area contributed by atoms with Crippen LogP contribution in [0.1, 0.15) is 46.4 Å². The number of carbonyl (C=O) groups excluding carboxylic acids is 1. The molecule has 0 aliphatic carbocycles. The molecule has 0 radical (unpaired) electrons. The summed E-state index contributed by atoms with van der Waals surface area (Å²) in [6.45, 7) is 6.52. The molecule has 0 aliphatic rings. The Kier molecular flexibility index (Phi) is 5.16. The van der Waals surface area contributed by atoms with Gasteiger partial charge in [0.1, 0.15) is 0 Å². The largest absolute Gasteiger partial charge is 0.479 e. The molecule has 0 saturated carbocycles. The fourth-order valence-electron chi connectivity index (χ4n) is 2.51. The van der Waals surface area contributed by atoms with Crippen molar-refractivity contribution >= 4 is 11.9 Å². The van der Waals surface area contributed by atoms with Crippen molar-refractivity contribution in [3.8, 4) is 0 Å². The number of carboxylic acid groups (broad SMARTS) is 1. The molecule has 0 fully saturated rings. The van der Waals surface area contributed by atoms with Crippen LogP contribution in [0.3, 0.4) is 0 Å². The van der Waals surface area contributed by atoms with E-state index in [0.717, 1.165) is 17.5 Å². The van der Waals surface area contributed by atoms with E-state index >= 15 is 0 Å². The van der Waals surface area contributed by atoms with Gasteiger partial charge in [-0.1, -0.05) is 36.2 Å². The Morgan fingerprint density at radius 2 is 1.91 bits per heavy atom. The van der Waals surface area contributed by atoms with Crippen molar-refractivity contribution in [1.82, 2.24) is 15.1 Å². The quantitative estimate of drug-likeness (QED) is 0.857. The van der Waals surface area contributed by atoms with Crippen LogP contribution in [0.5, 0.6) is 0 Å². The lowest BCUT2D eigenvalue weighted by Crippen LogP contribution is -2.33. The summed E-state index contributed by atoms with van der Waals surface area (Å²) < 4.78 is 1.67. The SMILES string of the molecule is CCCn1cc(C(=O)NC(C(=O)O)c2cc(C)cc(C)c2)cn1. The monoisotopic (exact) mass is 315 g/mol. The van der Waals surface area contributed by atoms with Crippen molar-refractivity contribution in [2.24, 2.45) is 0 Å². The second-order valence-electron chi connectivity index (χ2n) is 5.66. The summed E-state index contributed by atoms with van der Waals surface area (Å²) >= 11 is 0. The van der Waals surface area contributed by atoms with E-state index in [9.17, 15) is 14.7 Å². The Morgan fingerprint density at radius 3 is 2.48 bits per heavy atom. The molecular weight excluding hydrogens is 294 g/mol. The molecule has 1 atom stereocenters. The summed E-state index contributed by atoms with van der Waals surface area (Å²) in [6.07, 6.45) is 3.98. The molecule has 6 heteroatoms. The summed E-state index contributed by atoms with van der Waals surface area (Å²) in [5.74, 6) is -1.54. The summed E-state index contributed by atoms with van der Waals surface area (Å²) in [4.78, 5) is 23.9. The van der Waals surface area contributed by atoms with E-state index < -0.39 is 17.9 Å². The average Bonchev–Trinajstić information content (AvgIpc) is 2.92. The Balaban J connectivity index is 2.21. The maximum absolute atomic E-state index is 12.3. The summed E-state index contributed by atoms with van der Waals surface area (Å²) in [5.41, 5.74) is 2.82. The molecule has 0 aliphatic heterocycles. The van der Waals surface area contributed by atoms with Crippen LogP contribution in [-0.4, -0.2) is 26.8 Å². The van der Waals surface area contributed by atoms with Crippen LogP contribution < -0.4 is 5.32 Å². The van der Waals surface area contributed by atoms with Gasteiger partial charge in [-0.15, -0.1) is 0 Å². The molecule has 1 aromatic heterocycles. The number of hydrogen-bond acceptors (Lipinski definition) is 3. The smallest absolute Gasteiger partial charge is 0.330 e. The lowest BCUT2D eigenvalue weighted by Gasteiger charge is -2.15. The zero-order valence-electron chi connectivity index (χ0n) is 13.5. The molecule has 122 valence electrons. The molecule has 2 rings (SSSR count). The highest BCUT2D eigenvalue weighted by Crippen LogP contribution is 2.18. The number of benzene rings is 1. The number of aromatic nitrogens is 2. The Bertz CT molecular complexity index is 701. The first-order chi connectivity index (χ1) is 10.9. The van der Waals surface area contributed by atoms with Gasteiger partial charge in [-0.2, -0.15) is 5.10 Å². The molecule has 0 bridgehead atoms. The van der Waals surface area contributed by atoms with Crippen LogP contribution in [-0.2, 0) is 11.3 Å². The van der Waals surface area contributed by atoms with E-state index in [1.807, 2.05) is 26.8 Å². The third-order valence-electron chi connectivity index (χ3n) is 3.45. The number of carbonyl (C=O) groups is 2. The molecule has 0 spiro atoms. The summed E-state index contributed by atoms with van der Waals surface area (Å²) in [5, 5.41) is 16.1.